The molecule has 0 rings (SSSR count). The van der Waals surface area contributed by atoms with E-state index >= 15 is 0 Å². The Balaban J connectivity index is 0. The minimum Gasteiger partial charge on any atom is -0.137 e. The van der Waals surface area contributed by atoms with E-state index < -0.39 is 0 Å². The van der Waals surface area contributed by atoms with Crippen molar-refractivity contribution in [2.75, 3.05) is 0 Å². The fourth-order valence-corrected chi connectivity index (χ4v) is 0. The molecular weight excluding hydrogens is 132 g/mol. The molecule has 0 saturated heterocycles. The Labute approximate surface area is 40.5 Å². The van der Waals surface area contributed by atoms with E-state index in [9.17, 15) is 0 Å². The van der Waals surface area contributed by atoms with Crippen LogP contribution in [0.1, 0.15) is 0 Å². The summed E-state index contributed by atoms with van der Waals surface area (Å²) in [7, 11) is 0. The van der Waals surface area contributed by atoms with Gasteiger partial charge >= 0.3 is 0 Å². The Kier molecular flexibility index (Phi) is 23.8. The molecule has 0 unspecified atom stereocenters. The average molecular weight is 136 g/mol. The van der Waals surface area contributed by atoms with Gasteiger partial charge in [-0.05, 0) is 0 Å². The van der Waals surface area contributed by atoms with Crippen LogP contribution in [0, 0.1) is 0 Å². The molecule has 22 valence electrons. The Morgan fingerprint density at radius 3 is 1.25 bits per heavy atom. The molecule has 0 nitrogen and oxygen atoms in total. The third-order valence-corrected chi connectivity index (χ3v) is 0. The molecule has 0 aliphatic rings. The number of hydrogen-bond acceptors (Lipinski definition) is 0. The predicted molar refractivity (Wildman–Crippen MR) is 14.8 cm³/mol. The van der Waals surface area contributed by atoms with Gasteiger partial charge < -0.3 is 0 Å². The molecule has 0 spiro atoms. The maximum atomic E-state index is 3.12. The molecule has 0 saturated carbocycles. The smallest absolute Gasteiger partial charge is 0 e. The number of rotatable bonds is 0. The standard InChI is InChI=1S/C3H4.Mo/c1-3-2;/h1-2H2;. The fourth-order valence-electron chi connectivity index (χ4n) is 0. The Morgan fingerprint density at radius 1 is 1.25 bits per heavy atom. The second-order valence-electron chi connectivity index (χ2n) is 0.250. The van der Waals surface area contributed by atoms with Gasteiger partial charge in [0.15, 0.2) is 0 Å². The van der Waals surface area contributed by atoms with Crippen LogP contribution in [-0.2, 0) is 21.1 Å². The van der Waals surface area contributed by atoms with Gasteiger partial charge in [0.2, 0.25) is 0 Å². The van der Waals surface area contributed by atoms with Crippen molar-refractivity contribution in [3.05, 3.63) is 18.9 Å². The quantitative estimate of drug-likeness (QED) is 0.343. The third-order valence-electron chi connectivity index (χ3n) is 0. The molecule has 4 heavy (non-hydrogen) atoms. The van der Waals surface area contributed by atoms with Crippen LogP contribution in [0.3, 0.4) is 0 Å². The molecule has 0 amide bonds. The van der Waals surface area contributed by atoms with Crippen molar-refractivity contribution in [2.24, 2.45) is 0 Å². The summed E-state index contributed by atoms with van der Waals surface area (Å²) < 4.78 is 0. The Hall–Kier alpha value is 0.208. The molecule has 0 aromatic heterocycles. The van der Waals surface area contributed by atoms with Crippen molar-refractivity contribution in [1.29, 1.82) is 0 Å². The van der Waals surface area contributed by atoms with Crippen molar-refractivity contribution in [3.63, 3.8) is 0 Å². The molecule has 0 aromatic rings. The summed E-state index contributed by atoms with van der Waals surface area (Å²) >= 11 is 0. The van der Waals surface area contributed by atoms with Crippen molar-refractivity contribution >= 4 is 0 Å². The molecule has 0 atom stereocenters. The first-order chi connectivity index (χ1) is 1.41. The summed E-state index contributed by atoms with van der Waals surface area (Å²) in [6.45, 7) is 6.25. The van der Waals surface area contributed by atoms with Crippen LogP contribution in [0.5, 0.6) is 0 Å². The topological polar surface area (TPSA) is 0 Å². The first kappa shape index (κ1) is 8.88. The van der Waals surface area contributed by atoms with Gasteiger partial charge in [-0.2, -0.15) is 0 Å². The van der Waals surface area contributed by atoms with Crippen LogP contribution in [0.4, 0.5) is 0 Å². The normalized spacial score (nSPS) is 2.00. The van der Waals surface area contributed by atoms with Crippen LogP contribution < -0.4 is 0 Å². The molecule has 0 bridgehead atoms. The van der Waals surface area contributed by atoms with E-state index in [-0.39, 0.29) is 21.1 Å². The average Bonchev–Trinajstić information content (AvgIpc) is 0.918. The molecule has 0 radical (unpaired) electrons. The van der Waals surface area contributed by atoms with Crippen molar-refractivity contribution in [3.8, 4) is 0 Å². The maximum Gasteiger partial charge on any atom is 0 e. The Morgan fingerprint density at radius 2 is 1.25 bits per heavy atom. The van der Waals surface area contributed by atoms with Crippen LogP contribution in [0.2, 0.25) is 0 Å². The molecular formula is C3H4Mo. The van der Waals surface area contributed by atoms with E-state index in [1.165, 1.54) is 0 Å². The summed E-state index contributed by atoms with van der Waals surface area (Å²) in [5.74, 6) is 0. The van der Waals surface area contributed by atoms with Crippen LogP contribution in [0.25, 0.3) is 0 Å². The second kappa shape index (κ2) is 10.7. The zero-order chi connectivity index (χ0) is 2.71. The van der Waals surface area contributed by atoms with Crippen LogP contribution in [0.15, 0.2) is 18.9 Å². The summed E-state index contributed by atoms with van der Waals surface area (Å²) in [5, 5.41) is 0. The van der Waals surface area contributed by atoms with Gasteiger partial charge in [-0.15, -0.1) is 5.73 Å². The van der Waals surface area contributed by atoms with Crippen LogP contribution >= 0.6 is 0 Å². The first-order valence-electron chi connectivity index (χ1n) is 0.707. The predicted octanol–water partition coefficient (Wildman–Crippen LogP) is 0.955. The summed E-state index contributed by atoms with van der Waals surface area (Å²) in [5.41, 5.74) is 2.25. The Bertz CT molecular complexity index is 24.3. The molecule has 0 aromatic carbocycles. The zero-order valence-corrected chi connectivity index (χ0v) is 4.33. The van der Waals surface area contributed by atoms with E-state index in [0.717, 1.165) is 0 Å². The minimum atomic E-state index is 0. The fraction of sp³-hybridized carbons (Fsp3) is 0. The number of hydrogen-bond donors (Lipinski definition) is 0. The van der Waals surface area contributed by atoms with E-state index in [1.807, 2.05) is 0 Å². The maximum absolute atomic E-state index is 3.12. The van der Waals surface area contributed by atoms with Crippen LogP contribution in [-0.4, -0.2) is 0 Å². The molecule has 0 aliphatic carbocycles. The zero-order valence-electron chi connectivity index (χ0n) is 2.32. The second-order valence-corrected chi connectivity index (χ2v) is 0.250. The monoisotopic (exact) mass is 138 g/mol. The summed E-state index contributed by atoms with van der Waals surface area (Å²) in [6, 6.07) is 0. The molecule has 0 heterocycles. The largest absolute Gasteiger partial charge is 0.137 e. The molecule has 0 fully saturated rings. The molecule has 1 heteroatoms. The third kappa shape index (κ3) is 74.3. The van der Waals surface area contributed by atoms with Gasteiger partial charge in [0.25, 0.3) is 0 Å². The van der Waals surface area contributed by atoms with E-state index in [4.69, 9.17) is 0 Å². The summed E-state index contributed by atoms with van der Waals surface area (Å²) in [4.78, 5) is 0. The van der Waals surface area contributed by atoms with Gasteiger partial charge in [-0.25, -0.2) is 0 Å². The van der Waals surface area contributed by atoms with Crippen molar-refractivity contribution in [1.82, 2.24) is 0 Å². The molecule has 0 aliphatic heterocycles. The SMILES string of the molecule is C=C=C.[Mo]. The minimum absolute atomic E-state index is 0. The van der Waals surface area contributed by atoms with Gasteiger partial charge in [0.1, 0.15) is 0 Å². The van der Waals surface area contributed by atoms with E-state index in [1.54, 1.807) is 0 Å². The van der Waals surface area contributed by atoms with Gasteiger partial charge in [-0.1, -0.05) is 13.2 Å². The van der Waals surface area contributed by atoms with E-state index in [0.29, 0.717) is 0 Å². The van der Waals surface area contributed by atoms with Crippen molar-refractivity contribution < 1.29 is 21.1 Å². The van der Waals surface area contributed by atoms with Crippen molar-refractivity contribution in [2.45, 2.75) is 0 Å². The van der Waals surface area contributed by atoms with Gasteiger partial charge in [-0.3, -0.25) is 0 Å². The van der Waals surface area contributed by atoms with E-state index in [2.05, 4.69) is 18.9 Å². The molecule has 0 N–H and O–H groups in total. The van der Waals surface area contributed by atoms with Gasteiger partial charge in [0.05, 0.1) is 0 Å². The summed E-state index contributed by atoms with van der Waals surface area (Å²) in [6.07, 6.45) is 0. The van der Waals surface area contributed by atoms with Gasteiger partial charge in [0, 0.05) is 21.1 Å². The first-order valence-corrected chi connectivity index (χ1v) is 0.707.